The molecule has 2 saturated heterocycles. The van der Waals surface area contributed by atoms with Gasteiger partial charge < -0.3 is 9.47 Å². The van der Waals surface area contributed by atoms with Crippen LogP contribution in [0.15, 0.2) is 24.3 Å². The lowest BCUT2D eigenvalue weighted by molar-refractivity contribution is -0.0779. The van der Waals surface area contributed by atoms with Gasteiger partial charge in [0.25, 0.3) is 0 Å². The SMILES string of the molecule is COc1ccccc1CN1CC[C@@]2(C[C@H](NS(C)(=O)=O)CCO2)C1. The summed E-state index contributed by atoms with van der Waals surface area (Å²) in [5.74, 6) is 0.902. The molecule has 24 heavy (non-hydrogen) atoms. The van der Waals surface area contributed by atoms with Crippen LogP contribution in [0, 0.1) is 0 Å². The third-order valence-electron chi connectivity index (χ3n) is 4.86. The third kappa shape index (κ3) is 4.27. The molecule has 2 fully saturated rings. The molecule has 2 aliphatic heterocycles. The van der Waals surface area contributed by atoms with Crippen LogP contribution < -0.4 is 9.46 Å². The van der Waals surface area contributed by atoms with Crippen LogP contribution in [0.4, 0.5) is 0 Å². The molecule has 1 N–H and O–H groups in total. The van der Waals surface area contributed by atoms with E-state index < -0.39 is 10.0 Å². The minimum Gasteiger partial charge on any atom is -0.496 e. The first-order valence-electron chi connectivity index (χ1n) is 8.35. The van der Waals surface area contributed by atoms with Crippen LogP contribution in [-0.2, 0) is 21.3 Å². The summed E-state index contributed by atoms with van der Waals surface area (Å²) in [6, 6.07) is 8.02. The van der Waals surface area contributed by atoms with Crippen molar-refractivity contribution in [3.63, 3.8) is 0 Å². The number of sulfonamides is 1. The first-order chi connectivity index (χ1) is 11.4. The number of hydrogen-bond donors (Lipinski definition) is 1. The Morgan fingerprint density at radius 1 is 1.42 bits per heavy atom. The van der Waals surface area contributed by atoms with Gasteiger partial charge >= 0.3 is 0 Å². The van der Waals surface area contributed by atoms with Gasteiger partial charge in [-0.2, -0.15) is 0 Å². The molecule has 0 bridgehead atoms. The topological polar surface area (TPSA) is 67.9 Å². The Morgan fingerprint density at radius 3 is 2.96 bits per heavy atom. The molecule has 2 aliphatic rings. The van der Waals surface area contributed by atoms with Gasteiger partial charge in [-0.3, -0.25) is 4.90 Å². The lowest BCUT2D eigenvalue weighted by Gasteiger charge is -2.38. The highest BCUT2D eigenvalue weighted by Crippen LogP contribution is 2.35. The smallest absolute Gasteiger partial charge is 0.208 e. The molecule has 134 valence electrons. The van der Waals surface area contributed by atoms with Crippen molar-refractivity contribution in [3.8, 4) is 5.75 Å². The normalized spacial score (nSPS) is 28.3. The molecule has 1 aromatic rings. The maximum atomic E-state index is 11.5. The second kappa shape index (κ2) is 7.00. The fraction of sp³-hybridized carbons (Fsp3) is 0.647. The molecule has 1 aromatic carbocycles. The highest BCUT2D eigenvalue weighted by Gasteiger charge is 2.43. The van der Waals surface area contributed by atoms with E-state index in [1.807, 2.05) is 18.2 Å². The van der Waals surface area contributed by atoms with Gasteiger partial charge in [0.2, 0.25) is 10.0 Å². The van der Waals surface area contributed by atoms with Crippen molar-refractivity contribution in [2.75, 3.05) is 33.1 Å². The number of benzene rings is 1. The molecular weight excluding hydrogens is 328 g/mol. The zero-order valence-corrected chi connectivity index (χ0v) is 15.1. The number of nitrogens with one attached hydrogen (secondary N) is 1. The molecule has 1 spiro atoms. The van der Waals surface area contributed by atoms with E-state index in [1.165, 1.54) is 11.8 Å². The molecule has 0 saturated carbocycles. The Balaban J connectivity index is 1.63. The van der Waals surface area contributed by atoms with Crippen molar-refractivity contribution in [2.24, 2.45) is 0 Å². The van der Waals surface area contributed by atoms with Crippen LogP contribution in [0.25, 0.3) is 0 Å². The van der Waals surface area contributed by atoms with Crippen molar-refractivity contribution >= 4 is 10.0 Å². The number of rotatable bonds is 5. The monoisotopic (exact) mass is 354 g/mol. The zero-order valence-electron chi connectivity index (χ0n) is 14.3. The van der Waals surface area contributed by atoms with E-state index in [0.29, 0.717) is 6.61 Å². The molecule has 3 rings (SSSR count). The van der Waals surface area contributed by atoms with E-state index in [-0.39, 0.29) is 11.6 Å². The summed E-state index contributed by atoms with van der Waals surface area (Å²) in [5.41, 5.74) is 0.932. The van der Waals surface area contributed by atoms with Crippen LogP contribution in [0.5, 0.6) is 5.75 Å². The average molecular weight is 354 g/mol. The van der Waals surface area contributed by atoms with Crippen molar-refractivity contribution in [1.82, 2.24) is 9.62 Å². The lowest BCUT2D eigenvalue weighted by atomic mass is 9.90. The van der Waals surface area contributed by atoms with Crippen LogP contribution in [0.3, 0.4) is 0 Å². The Morgan fingerprint density at radius 2 is 2.21 bits per heavy atom. The highest BCUT2D eigenvalue weighted by atomic mass is 32.2. The van der Waals surface area contributed by atoms with Gasteiger partial charge in [-0.25, -0.2) is 13.1 Å². The van der Waals surface area contributed by atoms with Gasteiger partial charge in [0.1, 0.15) is 5.75 Å². The number of para-hydroxylation sites is 1. The van der Waals surface area contributed by atoms with Crippen molar-refractivity contribution in [1.29, 1.82) is 0 Å². The second-order valence-corrected chi connectivity index (χ2v) is 8.66. The van der Waals surface area contributed by atoms with E-state index in [4.69, 9.17) is 9.47 Å². The average Bonchev–Trinajstić information content (AvgIpc) is 2.88. The minimum atomic E-state index is -3.18. The molecule has 0 unspecified atom stereocenters. The predicted molar refractivity (Wildman–Crippen MR) is 92.6 cm³/mol. The largest absolute Gasteiger partial charge is 0.496 e. The summed E-state index contributed by atoms with van der Waals surface area (Å²) in [6.07, 6.45) is 3.63. The van der Waals surface area contributed by atoms with E-state index >= 15 is 0 Å². The fourth-order valence-electron chi connectivity index (χ4n) is 3.85. The summed E-state index contributed by atoms with van der Waals surface area (Å²) in [7, 11) is -1.49. The number of nitrogens with zero attached hydrogens (tertiary/aromatic N) is 1. The highest BCUT2D eigenvalue weighted by molar-refractivity contribution is 7.88. The number of methoxy groups -OCH3 is 1. The first kappa shape index (κ1) is 17.7. The van der Waals surface area contributed by atoms with Crippen molar-refractivity contribution in [2.45, 2.75) is 37.5 Å². The van der Waals surface area contributed by atoms with Gasteiger partial charge in [-0.1, -0.05) is 18.2 Å². The lowest BCUT2D eigenvalue weighted by Crippen LogP contribution is -2.49. The number of likely N-dealkylation sites (tertiary alicyclic amines) is 1. The summed E-state index contributed by atoms with van der Waals surface area (Å²) in [6.45, 7) is 3.20. The van der Waals surface area contributed by atoms with Gasteiger partial charge in [-0.15, -0.1) is 0 Å². The van der Waals surface area contributed by atoms with Crippen LogP contribution in [0.2, 0.25) is 0 Å². The molecule has 0 amide bonds. The molecule has 6 nitrogen and oxygen atoms in total. The van der Waals surface area contributed by atoms with Gasteiger partial charge in [0.05, 0.1) is 19.0 Å². The van der Waals surface area contributed by atoms with Gasteiger partial charge in [0.15, 0.2) is 0 Å². The summed E-state index contributed by atoms with van der Waals surface area (Å²) < 4.78 is 37.3. The molecule has 2 heterocycles. The van der Waals surface area contributed by atoms with E-state index in [1.54, 1.807) is 7.11 Å². The van der Waals surface area contributed by atoms with Crippen molar-refractivity contribution in [3.05, 3.63) is 29.8 Å². The second-order valence-electron chi connectivity index (χ2n) is 6.88. The van der Waals surface area contributed by atoms with Crippen LogP contribution in [-0.4, -0.2) is 58.0 Å². The zero-order chi connectivity index (χ0) is 17.2. The van der Waals surface area contributed by atoms with Crippen molar-refractivity contribution < 1.29 is 17.9 Å². The van der Waals surface area contributed by atoms with Crippen LogP contribution in [0.1, 0.15) is 24.8 Å². The Bertz CT molecular complexity index is 679. The maximum Gasteiger partial charge on any atom is 0.208 e. The summed E-state index contributed by atoms with van der Waals surface area (Å²) in [4.78, 5) is 2.36. The fourth-order valence-corrected chi connectivity index (χ4v) is 4.66. The van der Waals surface area contributed by atoms with Gasteiger partial charge in [0, 0.05) is 37.8 Å². The molecule has 0 radical (unpaired) electrons. The number of ether oxygens (including phenoxy) is 2. The third-order valence-corrected chi connectivity index (χ3v) is 5.62. The van der Waals surface area contributed by atoms with Crippen LogP contribution >= 0.6 is 0 Å². The minimum absolute atomic E-state index is 0.0278. The van der Waals surface area contributed by atoms with E-state index in [0.717, 1.165) is 44.6 Å². The molecule has 7 heteroatoms. The predicted octanol–water partition coefficient (Wildman–Crippen LogP) is 1.37. The summed E-state index contributed by atoms with van der Waals surface area (Å²) >= 11 is 0. The summed E-state index contributed by atoms with van der Waals surface area (Å²) in [5, 5.41) is 0. The van der Waals surface area contributed by atoms with Gasteiger partial charge in [-0.05, 0) is 25.3 Å². The molecular formula is C17H26N2O4S. The maximum absolute atomic E-state index is 11.5. The standard InChI is InChI=1S/C17H26N2O4S/c1-22-16-6-4-3-5-14(16)12-19-9-8-17(13-19)11-15(7-10-23-17)18-24(2,20)21/h3-6,15,18H,7-13H2,1-2H3/t15-,17-/m1/s1. The first-order valence-corrected chi connectivity index (χ1v) is 10.2. The Kier molecular flexibility index (Phi) is 5.15. The molecule has 0 aliphatic carbocycles. The quantitative estimate of drug-likeness (QED) is 0.865. The molecule has 0 aromatic heterocycles. The van der Waals surface area contributed by atoms with E-state index in [2.05, 4.69) is 15.7 Å². The Labute approximate surface area is 144 Å². The number of hydrogen-bond acceptors (Lipinski definition) is 5. The molecule has 2 atom stereocenters. The Hall–Kier alpha value is -1.15. The van der Waals surface area contributed by atoms with E-state index in [9.17, 15) is 8.42 Å².